The molecule has 5 nitrogen and oxygen atoms in total. The van der Waals surface area contributed by atoms with E-state index in [4.69, 9.17) is 16.3 Å². The number of carbonyl (C=O) groups excluding carboxylic acids is 1. The zero-order valence-electron chi connectivity index (χ0n) is 15.9. The Labute approximate surface area is 177 Å². The van der Waals surface area contributed by atoms with Crippen LogP contribution in [0.3, 0.4) is 0 Å². The Morgan fingerprint density at radius 1 is 1.14 bits per heavy atom. The van der Waals surface area contributed by atoms with Gasteiger partial charge in [-0.2, -0.15) is 0 Å². The van der Waals surface area contributed by atoms with E-state index in [0.29, 0.717) is 15.7 Å². The molecule has 0 aliphatic rings. The normalized spacial score (nSPS) is 10.9. The number of aromatic nitrogens is 2. The number of hydrogen-bond acceptors (Lipinski definition) is 6. The van der Waals surface area contributed by atoms with Crippen molar-refractivity contribution < 1.29 is 9.53 Å². The summed E-state index contributed by atoms with van der Waals surface area (Å²) >= 11 is 7.44. The third-order valence-electron chi connectivity index (χ3n) is 4.58. The number of halogens is 1. The Balaban J connectivity index is 1.64. The van der Waals surface area contributed by atoms with Gasteiger partial charge in [0, 0.05) is 10.7 Å². The molecule has 0 atom stereocenters. The first kappa shape index (κ1) is 19.4. The van der Waals surface area contributed by atoms with Crippen molar-refractivity contribution in [1.29, 1.82) is 0 Å². The summed E-state index contributed by atoms with van der Waals surface area (Å²) in [5.74, 6) is 0.274. The number of carbonyl (C=O) groups is 1. The molecule has 146 valence electrons. The summed E-state index contributed by atoms with van der Waals surface area (Å²) in [4.78, 5) is 22.7. The summed E-state index contributed by atoms with van der Waals surface area (Å²) in [5, 5.41) is 4.77. The van der Waals surface area contributed by atoms with Gasteiger partial charge >= 0.3 is 5.97 Å². The molecule has 0 spiro atoms. The van der Waals surface area contributed by atoms with Crippen molar-refractivity contribution in [2.24, 2.45) is 0 Å². The average molecular weight is 424 g/mol. The van der Waals surface area contributed by atoms with Gasteiger partial charge in [0.2, 0.25) is 0 Å². The number of anilines is 2. The van der Waals surface area contributed by atoms with Gasteiger partial charge in [-0.3, -0.25) is 0 Å². The SMILES string of the molecule is Cc1ccc(Cl)cc1Nc1ncnc2sc(C(=O)OCc3ccccc3)c(C)c12. The number of hydrogen-bond donors (Lipinski definition) is 1. The fraction of sp³-hybridized carbons (Fsp3) is 0.136. The lowest BCUT2D eigenvalue weighted by Gasteiger charge is -2.10. The fourth-order valence-corrected chi connectivity index (χ4v) is 4.22. The molecule has 4 rings (SSSR count). The van der Waals surface area contributed by atoms with Crippen LogP contribution in [0.25, 0.3) is 10.2 Å². The molecule has 2 aromatic heterocycles. The molecule has 0 amide bonds. The largest absolute Gasteiger partial charge is 0.457 e. The maximum absolute atomic E-state index is 12.7. The number of ether oxygens (including phenoxy) is 1. The Kier molecular flexibility index (Phi) is 5.47. The van der Waals surface area contributed by atoms with E-state index >= 15 is 0 Å². The minimum atomic E-state index is -0.362. The summed E-state index contributed by atoms with van der Waals surface area (Å²) in [6, 6.07) is 15.2. The highest BCUT2D eigenvalue weighted by molar-refractivity contribution is 7.20. The third-order valence-corrected chi connectivity index (χ3v) is 5.99. The van der Waals surface area contributed by atoms with Crippen molar-refractivity contribution in [3.8, 4) is 0 Å². The van der Waals surface area contributed by atoms with Gasteiger partial charge in [-0.15, -0.1) is 11.3 Å². The topological polar surface area (TPSA) is 64.1 Å². The molecule has 0 bridgehead atoms. The molecule has 4 aromatic rings. The van der Waals surface area contributed by atoms with E-state index < -0.39 is 0 Å². The van der Waals surface area contributed by atoms with Crippen LogP contribution < -0.4 is 5.32 Å². The lowest BCUT2D eigenvalue weighted by atomic mass is 10.1. The third kappa shape index (κ3) is 4.09. The van der Waals surface area contributed by atoms with Crippen LogP contribution in [0.4, 0.5) is 11.5 Å². The molecular formula is C22H18ClN3O2S. The number of aryl methyl sites for hydroxylation is 2. The minimum Gasteiger partial charge on any atom is -0.457 e. The van der Waals surface area contributed by atoms with E-state index in [1.807, 2.05) is 62.4 Å². The van der Waals surface area contributed by atoms with Crippen molar-refractivity contribution in [1.82, 2.24) is 9.97 Å². The van der Waals surface area contributed by atoms with Crippen LogP contribution in [0, 0.1) is 13.8 Å². The van der Waals surface area contributed by atoms with Gasteiger partial charge in [0.05, 0.1) is 5.39 Å². The number of rotatable bonds is 5. The second kappa shape index (κ2) is 8.19. The van der Waals surface area contributed by atoms with Gasteiger partial charge < -0.3 is 10.1 Å². The molecule has 0 saturated carbocycles. The molecule has 2 heterocycles. The first-order valence-corrected chi connectivity index (χ1v) is 10.2. The molecule has 0 saturated heterocycles. The Hall–Kier alpha value is -2.96. The quantitative estimate of drug-likeness (QED) is 0.395. The zero-order valence-corrected chi connectivity index (χ0v) is 17.5. The fourth-order valence-electron chi connectivity index (χ4n) is 3.01. The molecule has 0 aliphatic heterocycles. The van der Waals surface area contributed by atoms with Crippen LogP contribution in [0.15, 0.2) is 54.9 Å². The van der Waals surface area contributed by atoms with Crippen molar-refractivity contribution in [3.05, 3.63) is 81.4 Å². The van der Waals surface area contributed by atoms with Crippen molar-refractivity contribution in [2.45, 2.75) is 20.5 Å². The maximum atomic E-state index is 12.7. The van der Waals surface area contributed by atoms with Gasteiger partial charge in [-0.05, 0) is 42.7 Å². The van der Waals surface area contributed by atoms with Gasteiger partial charge in [0.25, 0.3) is 0 Å². The van der Waals surface area contributed by atoms with E-state index in [-0.39, 0.29) is 12.6 Å². The van der Waals surface area contributed by atoms with E-state index in [1.54, 1.807) is 0 Å². The van der Waals surface area contributed by atoms with Crippen LogP contribution >= 0.6 is 22.9 Å². The number of benzene rings is 2. The van der Waals surface area contributed by atoms with Crippen molar-refractivity contribution in [2.75, 3.05) is 5.32 Å². The summed E-state index contributed by atoms with van der Waals surface area (Å²) in [7, 11) is 0. The maximum Gasteiger partial charge on any atom is 0.349 e. The van der Waals surface area contributed by atoms with Gasteiger partial charge in [0.1, 0.15) is 28.5 Å². The molecule has 0 fully saturated rings. The Morgan fingerprint density at radius 3 is 2.72 bits per heavy atom. The molecule has 7 heteroatoms. The van der Waals surface area contributed by atoms with E-state index in [9.17, 15) is 4.79 Å². The molecule has 0 radical (unpaired) electrons. The van der Waals surface area contributed by atoms with Crippen LogP contribution in [-0.4, -0.2) is 15.9 Å². The second-order valence-corrected chi connectivity index (χ2v) is 8.04. The number of nitrogens with one attached hydrogen (secondary N) is 1. The summed E-state index contributed by atoms with van der Waals surface area (Å²) in [6.45, 7) is 4.10. The van der Waals surface area contributed by atoms with Crippen molar-refractivity contribution in [3.63, 3.8) is 0 Å². The summed E-state index contributed by atoms with van der Waals surface area (Å²) in [5.41, 5.74) is 3.64. The minimum absolute atomic E-state index is 0.228. The van der Waals surface area contributed by atoms with Crippen LogP contribution in [0.2, 0.25) is 5.02 Å². The molecule has 2 aromatic carbocycles. The molecular weight excluding hydrogens is 406 g/mol. The average Bonchev–Trinajstić information content (AvgIpc) is 3.07. The van der Waals surface area contributed by atoms with Gasteiger partial charge in [0.15, 0.2) is 0 Å². The molecule has 0 unspecified atom stereocenters. The number of fused-ring (bicyclic) bond motifs is 1. The predicted molar refractivity (Wildman–Crippen MR) is 117 cm³/mol. The number of thiophene rings is 1. The molecule has 0 aliphatic carbocycles. The monoisotopic (exact) mass is 423 g/mol. The first-order valence-electron chi connectivity index (χ1n) is 9.01. The Bertz CT molecular complexity index is 1190. The highest BCUT2D eigenvalue weighted by atomic mass is 35.5. The standard InChI is InChI=1S/C22H18ClN3O2S/c1-13-8-9-16(23)10-17(13)26-20-18-14(2)19(29-21(18)25-12-24-20)22(27)28-11-15-6-4-3-5-7-15/h3-10,12H,11H2,1-2H3,(H,24,25,26). The summed E-state index contributed by atoms with van der Waals surface area (Å²) < 4.78 is 5.50. The van der Waals surface area contributed by atoms with Crippen LogP contribution in [0.1, 0.15) is 26.4 Å². The second-order valence-electron chi connectivity index (χ2n) is 6.60. The highest BCUT2D eigenvalue weighted by Crippen LogP contribution is 2.35. The van der Waals surface area contributed by atoms with Crippen LogP contribution in [-0.2, 0) is 11.3 Å². The first-order chi connectivity index (χ1) is 14.0. The molecule has 29 heavy (non-hydrogen) atoms. The smallest absolute Gasteiger partial charge is 0.349 e. The van der Waals surface area contributed by atoms with E-state index in [0.717, 1.165) is 32.6 Å². The van der Waals surface area contributed by atoms with Crippen LogP contribution in [0.5, 0.6) is 0 Å². The predicted octanol–water partition coefficient (Wildman–Crippen LogP) is 6.06. The highest BCUT2D eigenvalue weighted by Gasteiger charge is 2.21. The van der Waals surface area contributed by atoms with E-state index in [2.05, 4.69) is 15.3 Å². The van der Waals surface area contributed by atoms with Crippen molar-refractivity contribution >= 4 is 50.6 Å². The summed E-state index contributed by atoms with van der Waals surface area (Å²) in [6.07, 6.45) is 1.49. The Morgan fingerprint density at radius 2 is 1.93 bits per heavy atom. The lowest BCUT2D eigenvalue weighted by molar-refractivity contribution is 0.0478. The zero-order chi connectivity index (χ0) is 20.4. The van der Waals surface area contributed by atoms with Gasteiger partial charge in [-0.1, -0.05) is 48.0 Å². The molecule has 1 N–H and O–H groups in total. The van der Waals surface area contributed by atoms with E-state index in [1.165, 1.54) is 17.7 Å². The number of nitrogens with zero attached hydrogens (tertiary/aromatic N) is 2. The number of esters is 1. The van der Waals surface area contributed by atoms with Gasteiger partial charge in [-0.25, -0.2) is 14.8 Å². The lowest BCUT2D eigenvalue weighted by Crippen LogP contribution is -2.04.